The van der Waals surface area contributed by atoms with Gasteiger partial charge in [-0.3, -0.25) is 14.4 Å². The van der Waals surface area contributed by atoms with Crippen molar-refractivity contribution in [2.45, 2.75) is 154 Å². The van der Waals surface area contributed by atoms with Crippen LogP contribution in [0, 0.1) is 0 Å². The second kappa shape index (κ2) is 25.0. The van der Waals surface area contributed by atoms with Gasteiger partial charge in [0.2, 0.25) is 0 Å². The number of amides is 1. The number of likely N-dealkylation sites (N-methyl/N-ethyl adjacent to an activating group) is 1. The fourth-order valence-corrected chi connectivity index (χ4v) is 4.14. The van der Waals surface area contributed by atoms with E-state index in [1.807, 2.05) is 0 Å². The monoisotopic (exact) mass is 513 g/mol. The van der Waals surface area contributed by atoms with Gasteiger partial charge in [0.15, 0.2) is 12.2 Å². The van der Waals surface area contributed by atoms with Crippen LogP contribution in [0.25, 0.3) is 0 Å². The standard InChI is InChI=1S/C29H55NO6/c1-4-6-8-10-12-14-16-18-20-22-26(31)35-24-25(28(33)29(34)30-3)36-27(32)23-21-19-17-15-13-11-9-7-5-2/h25,28,33H,4-24H2,1-3H3,(H,30,34). The molecule has 0 rings (SSSR count). The highest BCUT2D eigenvalue weighted by Crippen LogP contribution is 2.13. The average Bonchev–Trinajstić information content (AvgIpc) is 2.88. The lowest BCUT2D eigenvalue weighted by Crippen LogP contribution is -2.45. The van der Waals surface area contributed by atoms with Crippen LogP contribution in [0.4, 0.5) is 0 Å². The molecule has 0 fully saturated rings. The maximum absolute atomic E-state index is 12.3. The zero-order chi connectivity index (χ0) is 26.9. The largest absolute Gasteiger partial charge is 0.462 e. The summed E-state index contributed by atoms with van der Waals surface area (Å²) in [6, 6.07) is 0. The van der Waals surface area contributed by atoms with E-state index in [1.54, 1.807) is 0 Å². The summed E-state index contributed by atoms with van der Waals surface area (Å²) in [6.07, 6.45) is 18.3. The molecule has 2 atom stereocenters. The molecule has 2 N–H and O–H groups in total. The van der Waals surface area contributed by atoms with Gasteiger partial charge < -0.3 is 19.9 Å². The zero-order valence-corrected chi connectivity index (χ0v) is 23.5. The van der Waals surface area contributed by atoms with Crippen molar-refractivity contribution >= 4 is 17.8 Å². The lowest BCUT2D eigenvalue weighted by Gasteiger charge is -2.22. The molecule has 0 bridgehead atoms. The molecule has 0 aliphatic heterocycles. The highest BCUT2D eigenvalue weighted by Gasteiger charge is 2.30. The number of unbranched alkanes of at least 4 members (excludes halogenated alkanes) is 16. The maximum atomic E-state index is 12.3. The van der Waals surface area contributed by atoms with Gasteiger partial charge >= 0.3 is 11.9 Å². The van der Waals surface area contributed by atoms with Crippen LogP contribution in [0.15, 0.2) is 0 Å². The maximum Gasteiger partial charge on any atom is 0.306 e. The minimum absolute atomic E-state index is 0.221. The molecule has 1 amide bonds. The first kappa shape index (κ1) is 34.4. The van der Waals surface area contributed by atoms with E-state index < -0.39 is 30.1 Å². The molecule has 0 heterocycles. The topological polar surface area (TPSA) is 102 Å². The summed E-state index contributed by atoms with van der Waals surface area (Å²) in [6.45, 7) is 4.09. The molecule has 0 aromatic rings. The van der Waals surface area contributed by atoms with Gasteiger partial charge in [0, 0.05) is 19.9 Å². The molecule has 0 aliphatic carbocycles. The third kappa shape index (κ3) is 20.6. The Morgan fingerprint density at radius 1 is 0.639 bits per heavy atom. The number of hydrogen-bond acceptors (Lipinski definition) is 6. The highest BCUT2D eigenvalue weighted by molar-refractivity contribution is 5.81. The average molecular weight is 514 g/mol. The third-order valence-electron chi connectivity index (χ3n) is 6.53. The summed E-state index contributed by atoms with van der Waals surface area (Å²) in [7, 11) is 1.39. The second-order valence-corrected chi connectivity index (χ2v) is 9.93. The van der Waals surface area contributed by atoms with Crippen LogP contribution in [-0.2, 0) is 23.9 Å². The van der Waals surface area contributed by atoms with E-state index in [1.165, 1.54) is 84.1 Å². The summed E-state index contributed by atoms with van der Waals surface area (Å²) in [5.41, 5.74) is 0. The van der Waals surface area contributed by atoms with Crippen molar-refractivity contribution in [2.75, 3.05) is 13.7 Å². The van der Waals surface area contributed by atoms with Crippen LogP contribution >= 0.6 is 0 Å². The second-order valence-electron chi connectivity index (χ2n) is 9.93. The highest BCUT2D eigenvalue weighted by atomic mass is 16.6. The number of rotatable bonds is 25. The molecule has 212 valence electrons. The number of aliphatic hydroxyl groups is 1. The van der Waals surface area contributed by atoms with Gasteiger partial charge in [0.1, 0.15) is 6.61 Å². The summed E-state index contributed by atoms with van der Waals surface area (Å²) in [4.78, 5) is 36.3. The first-order valence-corrected chi connectivity index (χ1v) is 14.7. The predicted octanol–water partition coefficient (Wildman–Crippen LogP) is 6.39. The van der Waals surface area contributed by atoms with Crippen LogP contribution in [-0.4, -0.2) is 48.8 Å². The van der Waals surface area contributed by atoms with E-state index in [2.05, 4.69) is 19.2 Å². The van der Waals surface area contributed by atoms with Crippen molar-refractivity contribution in [1.29, 1.82) is 0 Å². The van der Waals surface area contributed by atoms with Gasteiger partial charge in [-0.2, -0.15) is 0 Å². The Hall–Kier alpha value is -1.63. The molecule has 0 aromatic heterocycles. The van der Waals surface area contributed by atoms with Crippen LogP contribution in [0.2, 0.25) is 0 Å². The Bertz CT molecular complexity index is 554. The molecule has 0 saturated carbocycles. The minimum atomic E-state index is -1.58. The van der Waals surface area contributed by atoms with E-state index in [4.69, 9.17) is 9.47 Å². The van der Waals surface area contributed by atoms with Crippen molar-refractivity contribution in [2.24, 2.45) is 0 Å². The Kier molecular flexibility index (Phi) is 23.9. The molecule has 0 saturated heterocycles. The lowest BCUT2D eigenvalue weighted by molar-refractivity contribution is -0.169. The van der Waals surface area contributed by atoms with E-state index in [0.29, 0.717) is 6.42 Å². The number of ether oxygens (including phenoxy) is 2. The fraction of sp³-hybridized carbons (Fsp3) is 0.897. The van der Waals surface area contributed by atoms with Gasteiger partial charge in [-0.1, -0.05) is 117 Å². The third-order valence-corrected chi connectivity index (χ3v) is 6.53. The Balaban J connectivity index is 4.16. The fourth-order valence-electron chi connectivity index (χ4n) is 4.14. The Morgan fingerprint density at radius 2 is 1.03 bits per heavy atom. The van der Waals surface area contributed by atoms with Crippen molar-refractivity contribution in [3.63, 3.8) is 0 Å². The molecule has 0 spiro atoms. The molecule has 7 heteroatoms. The van der Waals surface area contributed by atoms with Crippen LogP contribution < -0.4 is 5.32 Å². The Morgan fingerprint density at radius 3 is 1.44 bits per heavy atom. The smallest absolute Gasteiger partial charge is 0.306 e. The van der Waals surface area contributed by atoms with Crippen LogP contribution in [0.3, 0.4) is 0 Å². The number of nitrogens with one attached hydrogen (secondary N) is 1. The van der Waals surface area contributed by atoms with Crippen molar-refractivity contribution in [3.8, 4) is 0 Å². The molecule has 0 aliphatic rings. The number of carbonyl (C=O) groups is 3. The number of hydrogen-bond donors (Lipinski definition) is 2. The van der Waals surface area contributed by atoms with Gasteiger partial charge in [0.05, 0.1) is 0 Å². The normalized spacial score (nSPS) is 12.7. The predicted molar refractivity (Wildman–Crippen MR) is 145 cm³/mol. The quantitative estimate of drug-likeness (QED) is 0.108. The van der Waals surface area contributed by atoms with Gasteiger partial charge in [0.25, 0.3) is 5.91 Å². The molecular weight excluding hydrogens is 458 g/mol. The van der Waals surface area contributed by atoms with Crippen LogP contribution in [0.1, 0.15) is 142 Å². The number of carbonyl (C=O) groups excluding carboxylic acids is 3. The molecule has 2 unspecified atom stereocenters. The van der Waals surface area contributed by atoms with Crippen LogP contribution in [0.5, 0.6) is 0 Å². The van der Waals surface area contributed by atoms with E-state index in [-0.39, 0.29) is 19.4 Å². The van der Waals surface area contributed by atoms with Crippen molar-refractivity contribution in [1.82, 2.24) is 5.32 Å². The van der Waals surface area contributed by atoms with E-state index in [0.717, 1.165) is 32.1 Å². The van der Waals surface area contributed by atoms with E-state index in [9.17, 15) is 19.5 Å². The Labute approximate surface area is 220 Å². The van der Waals surface area contributed by atoms with Crippen molar-refractivity contribution in [3.05, 3.63) is 0 Å². The molecule has 0 radical (unpaired) electrons. The summed E-state index contributed by atoms with van der Waals surface area (Å²) in [5.74, 6) is -1.56. The lowest BCUT2D eigenvalue weighted by atomic mass is 10.1. The van der Waals surface area contributed by atoms with Gasteiger partial charge in [-0.15, -0.1) is 0 Å². The van der Waals surface area contributed by atoms with Gasteiger partial charge in [-0.25, -0.2) is 0 Å². The molecular formula is C29H55NO6. The zero-order valence-electron chi connectivity index (χ0n) is 23.5. The van der Waals surface area contributed by atoms with Crippen molar-refractivity contribution < 1.29 is 29.0 Å². The molecule has 0 aromatic carbocycles. The summed E-state index contributed by atoms with van der Waals surface area (Å²) < 4.78 is 10.6. The molecule has 7 nitrogen and oxygen atoms in total. The first-order chi connectivity index (χ1) is 17.5. The summed E-state index contributed by atoms with van der Waals surface area (Å²) in [5, 5.41) is 12.6. The summed E-state index contributed by atoms with van der Waals surface area (Å²) >= 11 is 0. The first-order valence-electron chi connectivity index (χ1n) is 14.7. The van der Waals surface area contributed by atoms with Gasteiger partial charge in [-0.05, 0) is 12.8 Å². The minimum Gasteiger partial charge on any atom is -0.462 e. The van der Waals surface area contributed by atoms with E-state index >= 15 is 0 Å². The number of esters is 2. The number of aliphatic hydroxyl groups excluding tert-OH is 1. The SMILES string of the molecule is CCCCCCCCCCCC(=O)OCC(OC(=O)CCCCCCCCCCC)C(O)C(=O)NC. The molecule has 36 heavy (non-hydrogen) atoms.